The first-order chi connectivity index (χ1) is 8.57. The summed E-state index contributed by atoms with van der Waals surface area (Å²) in [5.41, 5.74) is 0. The zero-order valence-corrected chi connectivity index (χ0v) is 11.7. The number of rotatable bonds is 8. The van der Waals surface area contributed by atoms with E-state index in [-0.39, 0.29) is 18.8 Å². The molecule has 1 N–H and O–H groups in total. The molecule has 18 heavy (non-hydrogen) atoms. The topological polar surface area (TPSA) is 21.3 Å². The Bertz CT molecular complexity index is 224. The summed E-state index contributed by atoms with van der Waals surface area (Å²) in [6.45, 7) is 3.76. The second kappa shape index (κ2) is 8.05. The van der Waals surface area contributed by atoms with Gasteiger partial charge in [-0.25, -0.2) is 8.78 Å². The lowest BCUT2D eigenvalue weighted by Gasteiger charge is -2.30. The molecule has 0 amide bonds. The molecule has 0 aromatic rings. The summed E-state index contributed by atoms with van der Waals surface area (Å²) >= 11 is 0. The van der Waals surface area contributed by atoms with E-state index in [0.717, 1.165) is 32.2 Å². The van der Waals surface area contributed by atoms with Gasteiger partial charge in [-0.05, 0) is 38.1 Å². The lowest BCUT2D eigenvalue weighted by molar-refractivity contribution is -0.0542. The minimum absolute atomic E-state index is 0.0824. The van der Waals surface area contributed by atoms with Crippen molar-refractivity contribution in [2.75, 3.05) is 20.3 Å². The molecule has 1 aliphatic carbocycles. The van der Waals surface area contributed by atoms with Crippen LogP contribution < -0.4 is 5.32 Å². The fraction of sp³-hybridized carbons (Fsp3) is 1.00. The summed E-state index contributed by atoms with van der Waals surface area (Å²) < 4.78 is 31.7. The van der Waals surface area contributed by atoms with Crippen LogP contribution in [0.1, 0.15) is 51.9 Å². The normalized spacial score (nSPS) is 25.0. The van der Waals surface area contributed by atoms with Crippen molar-refractivity contribution in [2.45, 2.75) is 63.8 Å². The van der Waals surface area contributed by atoms with E-state index >= 15 is 0 Å². The van der Waals surface area contributed by atoms with Crippen LogP contribution in [-0.4, -0.2) is 32.2 Å². The third kappa shape index (κ3) is 6.10. The number of methoxy groups -OCH3 is 1. The minimum Gasteiger partial charge on any atom is -0.383 e. The van der Waals surface area contributed by atoms with E-state index in [9.17, 15) is 8.78 Å². The van der Waals surface area contributed by atoms with Crippen LogP contribution in [0.15, 0.2) is 0 Å². The second-order valence-corrected chi connectivity index (χ2v) is 5.50. The third-order valence-electron chi connectivity index (χ3n) is 3.72. The van der Waals surface area contributed by atoms with Crippen LogP contribution in [-0.2, 0) is 4.74 Å². The van der Waals surface area contributed by atoms with E-state index in [4.69, 9.17) is 4.74 Å². The fourth-order valence-electron chi connectivity index (χ4n) is 2.75. The fourth-order valence-corrected chi connectivity index (χ4v) is 2.75. The molecule has 4 heteroatoms. The van der Waals surface area contributed by atoms with E-state index in [2.05, 4.69) is 12.2 Å². The highest BCUT2D eigenvalue weighted by atomic mass is 19.3. The van der Waals surface area contributed by atoms with Gasteiger partial charge in [-0.15, -0.1) is 0 Å². The summed E-state index contributed by atoms with van der Waals surface area (Å²) in [6.07, 6.45) is 4.72. The number of ether oxygens (including phenoxy) is 1. The van der Waals surface area contributed by atoms with Gasteiger partial charge in [0.1, 0.15) is 0 Å². The maximum Gasteiger partial charge on any atom is 0.248 e. The molecule has 0 bridgehead atoms. The molecule has 1 fully saturated rings. The number of halogens is 2. The molecule has 1 saturated carbocycles. The zero-order chi connectivity index (χ0) is 13.4. The highest BCUT2D eigenvalue weighted by Crippen LogP contribution is 2.38. The predicted octanol–water partition coefficient (Wildman–Crippen LogP) is 3.61. The predicted molar refractivity (Wildman–Crippen MR) is 70.1 cm³/mol. The minimum atomic E-state index is -2.42. The highest BCUT2D eigenvalue weighted by molar-refractivity contribution is 4.79. The van der Waals surface area contributed by atoms with Crippen LogP contribution in [0.3, 0.4) is 0 Å². The number of alkyl halides is 2. The van der Waals surface area contributed by atoms with E-state index in [1.165, 1.54) is 0 Å². The van der Waals surface area contributed by atoms with Gasteiger partial charge in [0.15, 0.2) is 0 Å². The van der Waals surface area contributed by atoms with Crippen LogP contribution in [0, 0.1) is 5.92 Å². The third-order valence-corrected chi connectivity index (χ3v) is 3.72. The van der Waals surface area contributed by atoms with Gasteiger partial charge >= 0.3 is 0 Å². The highest BCUT2D eigenvalue weighted by Gasteiger charge is 2.35. The molecular weight excluding hydrogens is 236 g/mol. The first-order valence-electron chi connectivity index (χ1n) is 7.17. The van der Waals surface area contributed by atoms with Crippen molar-refractivity contribution in [1.82, 2.24) is 5.32 Å². The first kappa shape index (κ1) is 15.8. The first-order valence-corrected chi connectivity index (χ1v) is 7.17. The lowest BCUT2D eigenvalue weighted by Crippen LogP contribution is -2.35. The molecule has 0 aromatic carbocycles. The summed E-state index contributed by atoms with van der Waals surface area (Å²) in [6, 6.07) is 0.311. The summed E-state index contributed by atoms with van der Waals surface area (Å²) in [5, 5.41) is 3.42. The standard InChI is InChI=1S/C14H27F2NO/c1-3-9-17-13(11-18-2)7-6-12-5-4-8-14(15,16)10-12/h12-13,17H,3-11H2,1-2H3. The molecule has 1 aliphatic rings. The van der Waals surface area contributed by atoms with E-state index in [1.54, 1.807) is 7.11 Å². The monoisotopic (exact) mass is 263 g/mol. The molecule has 0 radical (unpaired) electrons. The van der Waals surface area contributed by atoms with Gasteiger partial charge in [0.25, 0.3) is 0 Å². The van der Waals surface area contributed by atoms with Crippen molar-refractivity contribution in [3.8, 4) is 0 Å². The summed E-state index contributed by atoms with van der Waals surface area (Å²) in [4.78, 5) is 0. The molecule has 108 valence electrons. The van der Waals surface area contributed by atoms with Gasteiger partial charge in [-0.1, -0.05) is 13.3 Å². The van der Waals surface area contributed by atoms with Gasteiger partial charge in [0.05, 0.1) is 6.61 Å². The maximum absolute atomic E-state index is 13.3. The van der Waals surface area contributed by atoms with Crippen LogP contribution in [0.5, 0.6) is 0 Å². The molecule has 0 heterocycles. The second-order valence-electron chi connectivity index (χ2n) is 5.50. The molecule has 0 aliphatic heterocycles. The van der Waals surface area contributed by atoms with Crippen molar-refractivity contribution >= 4 is 0 Å². The van der Waals surface area contributed by atoms with Crippen molar-refractivity contribution < 1.29 is 13.5 Å². The Hall–Kier alpha value is -0.220. The van der Waals surface area contributed by atoms with Gasteiger partial charge in [-0.3, -0.25) is 0 Å². The summed E-state index contributed by atoms with van der Waals surface area (Å²) in [7, 11) is 1.69. The molecule has 0 aromatic heterocycles. The van der Waals surface area contributed by atoms with E-state index in [1.807, 2.05) is 0 Å². The van der Waals surface area contributed by atoms with Crippen LogP contribution in [0.2, 0.25) is 0 Å². The van der Waals surface area contributed by atoms with Gasteiger partial charge in [0, 0.05) is 26.0 Å². The van der Waals surface area contributed by atoms with Gasteiger partial charge < -0.3 is 10.1 Å². The summed E-state index contributed by atoms with van der Waals surface area (Å²) in [5.74, 6) is -2.23. The van der Waals surface area contributed by atoms with Crippen molar-refractivity contribution in [3.63, 3.8) is 0 Å². The molecule has 2 unspecified atom stereocenters. The van der Waals surface area contributed by atoms with Crippen LogP contribution in [0.4, 0.5) is 8.78 Å². The molecule has 2 nitrogen and oxygen atoms in total. The largest absolute Gasteiger partial charge is 0.383 e. The molecule has 0 spiro atoms. The Morgan fingerprint density at radius 1 is 1.44 bits per heavy atom. The average Bonchev–Trinajstić information content (AvgIpc) is 2.31. The lowest BCUT2D eigenvalue weighted by atomic mass is 9.83. The van der Waals surface area contributed by atoms with Crippen LogP contribution >= 0.6 is 0 Å². The smallest absolute Gasteiger partial charge is 0.248 e. The Kier molecular flexibility index (Phi) is 7.08. The van der Waals surface area contributed by atoms with Gasteiger partial charge in [-0.2, -0.15) is 0 Å². The molecule has 1 rings (SSSR count). The number of hydrogen-bond donors (Lipinski definition) is 1. The number of nitrogens with one attached hydrogen (secondary N) is 1. The Balaban J connectivity index is 2.27. The number of hydrogen-bond acceptors (Lipinski definition) is 2. The maximum atomic E-state index is 13.3. The van der Waals surface area contributed by atoms with E-state index < -0.39 is 5.92 Å². The van der Waals surface area contributed by atoms with Crippen molar-refractivity contribution in [2.24, 2.45) is 5.92 Å². The van der Waals surface area contributed by atoms with Crippen molar-refractivity contribution in [3.05, 3.63) is 0 Å². The molecular formula is C14H27F2NO. The van der Waals surface area contributed by atoms with Gasteiger partial charge in [0.2, 0.25) is 5.92 Å². The Morgan fingerprint density at radius 3 is 2.83 bits per heavy atom. The average molecular weight is 263 g/mol. The zero-order valence-electron chi connectivity index (χ0n) is 11.7. The molecule has 2 atom stereocenters. The van der Waals surface area contributed by atoms with E-state index in [0.29, 0.717) is 19.1 Å². The Labute approximate surface area is 109 Å². The SMILES string of the molecule is CCCNC(CCC1CCCC(F)(F)C1)COC. The Morgan fingerprint density at radius 2 is 2.22 bits per heavy atom. The quantitative estimate of drug-likeness (QED) is 0.722. The van der Waals surface area contributed by atoms with Crippen molar-refractivity contribution in [1.29, 1.82) is 0 Å². The molecule has 0 saturated heterocycles. The van der Waals surface area contributed by atoms with Crippen LogP contribution in [0.25, 0.3) is 0 Å².